The molecule has 0 aliphatic heterocycles. The lowest BCUT2D eigenvalue weighted by Crippen LogP contribution is -2.30. The summed E-state index contributed by atoms with van der Waals surface area (Å²) < 4.78 is 5.20. The van der Waals surface area contributed by atoms with Crippen LogP contribution < -0.4 is 5.32 Å². The fraction of sp³-hybridized carbons (Fsp3) is 0.389. The second-order valence-electron chi connectivity index (χ2n) is 5.90. The average molecular weight is 327 g/mol. The standard InChI is InChI=1S/C18H21N3O3/c1-3-21(4-2)18(23)13-6-5-7-14(10-13)19-17(22)15-11-16(24-20-15)12-8-9-12/h5-7,10-12H,3-4,8-9H2,1-2H3,(H,19,22). The summed E-state index contributed by atoms with van der Waals surface area (Å²) in [6.07, 6.45) is 2.18. The first-order valence-electron chi connectivity index (χ1n) is 8.29. The zero-order chi connectivity index (χ0) is 17.1. The number of rotatable bonds is 6. The van der Waals surface area contributed by atoms with Gasteiger partial charge < -0.3 is 14.7 Å². The predicted molar refractivity (Wildman–Crippen MR) is 90.1 cm³/mol. The second-order valence-corrected chi connectivity index (χ2v) is 5.90. The highest BCUT2D eigenvalue weighted by molar-refractivity contribution is 6.03. The van der Waals surface area contributed by atoms with Gasteiger partial charge in [-0.1, -0.05) is 11.2 Å². The van der Waals surface area contributed by atoms with E-state index in [9.17, 15) is 9.59 Å². The molecule has 1 heterocycles. The molecule has 1 aliphatic carbocycles. The Labute approximate surface area is 140 Å². The van der Waals surface area contributed by atoms with E-state index in [0.717, 1.165) is 18.6 Å². The van der Waals surface area contributed by atoms with Crippen LogP contribution in [0.2, 0.25) is 0 Å². The molecule has 1 aromatic carbocycles. The Morgan fingerprint density at radius 2 is 2.00 bits per heavy atom. The molecule has 0 radical (unpaired) electrons. The number of hydrogen-bond acceptors (Lipinski definition) is 4. The summed E-state index contributed by atoms with van der Waals surface area (Å²) in [4.78, 5) is 26.4. The monoisotopic (exact) mass is 327 g/mol. The zero-order valence-corrected chi connectivity index (χ0v) is 13.9. The quantitative estimate of drug-likeness (QED) is 0.883. The van der Waals surface area contributed by atoms with Gasteiger partial charge in [0, 0.05) is 36.3 Å². The number of amides is 2. The van der Waals surface area contributed by atoms with Crippen LogP contribution in [0.1, 0.15) is 59.2 Å². The number of nitrogens with zero attached hydrogens (tertiary/aromatic N) is 2. The number of anilines is 1. The number of hydrogen-bond donors (Lipinski definition) is 1. The van der Waals surface area contributed by atoms with Crippen molar-refractivity contribution in [3.05, 3.63) is 47.3 Å². The first-order chi connectivity index (χ1) is 11.6. The minimum atomic E-state index is -0.335. The summed E-state index contributed by atoms with van der Waals surface area (Å²) in [6, 6.07) is 8.62. The van der Waals surface area contributed by atoms with Gasteiger partial charge >= 0.3 is 0 Å². The Bertz CT molecular complexity index is 745. The maximum atomic E-state index is 12.4. The van der Waals surface area contributed by atoms with Crippen LogP contribution in [0, 0.1) is 0 Å². The van der Waals surface area contributed by atoms with E-state index in [1.165, 1.54) is 0 Å². The minimum absolute atomic E-state index is 0.0476. The Balaban J connectivity index is 1.71. The van der Waals surface area contributed by atoms with Crippen molar-refractivity contribution < 1.29 is 14.1 Å². The van der Waals surface area contributed by atoms with Crippen molar-refractivity contribution in [2.24, 2.45) is 0 Å². The highest BCUT2D eigenvalue weighted by atomic mass is 16.5. The molecule has 1 saturated carbocycles. The largest absolute Gasteiger partial charge is 0.360 e. The predicted octanol–water partition coefficient (Wildman–Crippen LogP) is 3.29. The zero-order valence-electron chi connectivity index (χ0n) is 13.9. The molecule has 1 fully saturated rings. The van der Waals surface area contributed by atoms with Gasteiger partial charge in [0.2, 0.25) is 0 Å². The van der Waals surface area contributed by atoms with E-state index in [2.05, 4.69) is 10.5 Å². The van der Waals surface area contributed by atoms with Crippen molar-refractivity contribution in [1.82, 2.24) is 10.1 Å². The van der Waals surface area contributed by atoms with Gasteiger partial charge in [0.25, 0.3) is 11.8 Å². The van der Waals surface area contributed by atoms with Crippen molar-refractivity contribution in [1.29, 1.82) is 0 Å². The number of nitrogens with one attached hydrogen (secondary N) is 1. The average Bonchev–Trinajstić information content (AvgIpc) is 3.33. The van der Waals surface area contributed by atoms with Gasteiger partial charge in [-0.25, -0.2) is 0 Å². The van der Waals surface area contributed by atoms with E-state index in [0.29, 0.717) is 30.3 Å². The van der Waals surface area contributed by atoms with Crippen LogP contribution in [-0.4, -0.2) is 35.0 Å². The highest BCUT2D eigenvalue weighted by Crippen LogP contribution is 2.40. The Morgan fingerprint density at radius 3 is 2.67 bits per heavy atom. The van der Waals surface area contributed by atoms with E-state index in [4.69, 9.17) is 4.52 Å². The molecule has 0 unspecified atom stereocenters. The van der Waals surface area contributed by atoms with E-state index in [1.807, 2.05) is 13.8 Å². The number of benzene rings is 1. The number of carbonyl (C=O) groups excluding carboxylic acids is 2. The SMILES string of the molecule is CCN(CC)C(=O)c1cccc(NC(=O)c2cc(C3CC3)on2)c1. The molecule has 126 valence electrons. The van der Waals surface area contributed by atoms with Gasteiger partial charge in [0.15, 0.2) is 5.69 Å². The molecular weight excluding hydrogens is 306 g/mol. The molecule has 6 nitrogen and oxygen atoms in total. The molecule has 2 amide bonds. The molecule has 24 heavy (non-hydrogen) atoms. The van der Waals surface area contributed by atoms with Crippen LogP contribution in [0.3, 0.4) is 0 Å². The molecule has 2 aromatic rings. The Kier molecular flexibility index (Phi) is 4.64. The molecule has 1 aliphatic rings. The smallest absolute Gasteiger partial charge is 0.277 e. The maximum Gasteiger partial charge on any atom is 0.277 e. The lowest BCUT2D eigenvalue weighted by Gasteiger charge is -2.18. The maximum absolute atomic E-state index is 12.4. The van der Waals surface area contributed by atoms with Crippen molar-refractivity contribution >= 4 is 17.5 Å². The van der Waals surface area contributed by atoms with Gasteiger partial charge in [-0.15, -0.1) is 0 Å². The van der Waals surface area contributed by atoms with Crippen LogP contribution in [-0.2, 0) is 0 Å². The van der Waals surface area contributed by atoms with Crippen LogP contribution in [0.4, 0.5) is 5.69 Å². The topological polar surface area (TPSA) is 75.4 Å². The summed E-state index contributed by atoms with van der Waals surface area (Å²) in [5, 5.41) is 6.59. The summed E-state index contributed by atoms with van der Waals surface area (Å²) in [7, 11) is 0. The van der Waals surface area contributed by atoms with Crippen LogP contribution >= 0.6 is 0 Å². The van der Waals surface area contributed by atoms with Gasteiger partial charge in [-0.05, 0) is 44.9 Å². The highest BCUT2D eigenvalue weighted by Gasteiger charge is 2.28. The van der Waals surface area contributed by atoms with Gasteiger partial charge in [-0.3, -0.25) is 9.59 Å². The lowest BCUT2D eigenvalue weighted by atomic mass is 10.1. The summed E-state index contributed by atoms with van der Waals surface area (Å²) in [5.74, 6) is 0.798. The van der Waals surface area contributed by atoms with Crippen molar-refractivity contribution in [2.75, 3.05) is 18.4 Å². The van der Waals surface area contributed by atoms with E-state index >= 15 is 0 Å². The molecule has 1 aromatic heterocycles. The Hall–Kier alpha value is -2.63. The van der Waals surface area contributed by atoms with E-state index < -0.39 is 0 Å². The first kappa shape index (κ1) is 16.2. The Morgan fingerprint density at radius 1 is 1.25 bits per heavy atom. The van der Waals surface area contributed by atoms with E-state index in [-0.39, 0.29) is 17.5 Å². The number of carbonyl (C=O) groups is 2. The normalized spacial score (nSPS) is 13.6. The first-order valence-corrected chi connectivity index (χ1v) is 8.29. The summed E-state index contributed by atoms with van der Waals surface area (Å²) in [6.45, 7) is 5.17. The van der Waals surface area contributed by atoms with Crippen LogP contribution in [0.5, 0.6) is 0 Å². The van der Waals surface area contributed by atoms with E-state index in [1.54, 1.807) is 35.2 Å². The molecule has 3 rings (SSSR count). The molecule has 0 bridgehead atoms. The summed E-state index contributed by atoms with van der Waals surface area (Å²) >= 11 is 0. The van der Waals surface area contributed by atoms with Crippen molar-refractivity contribution in [3.8, 4) is 0 Å². The number of aromatic nitrogens is 1. The van der Waals surface area contributed by atoms with Gasteiger partial charge in [0.1, 0.15) is 5.76 Å². The minimum Gasteiger partial charge on any atom is -0.360 e. The third-order valence-corrected chi connectivity index (χ3v) is 4.16. The second kappa shape index (κ2) is 6.86. The molecular formula is C18H21N3O3. The third-order valence-electron chi connectivity index (χ3n) is 4.16. The third kappa shape index (κ3) is 3.48. The molecule has 0 saturated heterocycles. The van der Waals surface area contributed by atoms with Crippen LogP contribution in [0.25, 0.3) is 0 Å². The van der Waals surface area contributed by atoms with Crippen molar-refractivity contribution in [2.45, 2.75) is 32.6 Å². The van der Waals surface area contributed by atoms with Gasteiger partial charge in [-0.2, -0.15) is 0 Å². The fourth-order valence-corrected chi connectivity index (χ4v) is 2.58. The van der Waals surface area contributed by atoms with Crippen LogP contribution in [0.15, 0.2) is 34.9 Å². The molecule has 0 spiro atoms. The molecule has 0 atom stereocenters. The van der Waals surface area contributed by atoms with Crippen molar-refractivity contribution in [3.63, 3.8) is 0 Å². The molecule has 6 heteroatoms. The lowest BCUT2D eigenvalue weighted by molar-refractivity contribution is 0.0772. The summed E-state index contributed by atoms with van der Waals surface area (Å²) in [5.41, 5.74) is 1.38. The fourth-order valence-electron chi connectivity index (χ4n) is 2.58. The van der Waals surface area contributed by atoms with Gasteiger partial charge in [0.05, 0.1) is 0 Å². The molecule has 1 N–H and O–H groups in total.